The van der Waals surface area contributed by atoms with Crippen molar-refractivity contribution in [3.8, 4) is 0 Å². The van der Waals surface area contributed by atoms with Gasteiger partial charge < -0.3 is 15.0 Å². The number of ether oxygens (including phenoxy) is 1. The second-order valence-corrected chi connectivity index (χ2v) is 5.62. The summed E-state index contributed by atoms with van der Waals surface area (Å²) in [5.74, 6) is -0.849. The van der Waals surface area contributed by atoms with Crippen molar-refractivity contribution in [3.05, 3.63) is 30.1 Å². The molecule has 1 fully saturated rings. The summed E-state index contributed by atoms with van der Waals surface area (Å²) in [5.41, 5.74) is 0.292. The second kappa shape index (κ2) is 7.79. The lowest BCUT2D eigenvalue weighted by Crippen LogP contribution is -2.27. The van der Waals surface area contributed by atoms with Gasteiger partial charge in [0.05, 0.1) is 6.42 Å². The number of hydrogen-bond donors (Lipinski definition) is 1. The molecule has 0 aromatic heterocycles. The van der Waals surface area contributed by atoms with E-state index < -0.39 is 24.3 Å². The van der Waals surface area contributed by atoms with Crippen molar-refractivity contribution in [2.75, 3.05) is 30.8 Å². The SMILES string of the molecule is O=C(COC(=O)CCN1CCSC1=O)Nc1cccc(F)c1. The van der Waals surface area contributed by atoms with E-state index >= 15 is 0 Å². The fourth-order valence-electron chi connectivity index (χ4n) is 1.84. The molecule has 22 heavy (non-hydrogen) atoms. The lowest BCUT2D eigenvalue weighted by atomic mass is 10.3. The van der Waals surface area contributed by atoms with Crippen LogP contribution in [0.4, 0.5) is 14.9 Å². The van der Waals surface area contributed by atoms with E-state index in [0.29, 0.717) is 12.2 Å². The van der Waals surface area contributed by atoms with Gasteiger partial charge in [0.15, 0.2) is 6.61 Å². The molecule has 1 N–H and O–H groups in total. The number of amides is 2. The largest absolute Gasteiger partial charge is 0.456 e. The van der Waals surface area contributed by atoms with Crippen molar-refractivity contribution in [2.45, 2.75) is 6.42 Å². The molecule has 0 radical (unpaired) electrons. The maximum Gasteiger partial charge on any atom is 0.308 e. The van der Waals surface area contributed by atoms with Crippen LogP contribution in [0.15, 0.2) is 24.3 Å². The first-order valence-electron chi connectivity index (χ1n) is 6.67. The van der Waals surface area contributed by atoms with E-state index in [0.717, 1.165) is 11.8 Å². The highest BCUT2D eigenvalue weighted by molar-refractivity contribution is 8.13. The fourth-order valence-corrected chi connectivity index (χ4v) is 2.69. The summed E-state index contributed by atoms with van der Waals surface area (Å²) in [6.07, 6.45) is 0.0412. The highest BCUT2D eigenvalue weighted by Gasteiger charge is 2.21. The lowest BCUT2D eigenvalue weighted by Gasteiger charge is -2.13. The molecule has 0 atom stereocenters. The predicted molar refractivity (Wildman–Crippen MR) is 80.0 cm³/mol. The van der Waals surface area contributed by atoms with Gasteiger partial charge in [0.1, 0.15) is 5.82 Å². The Balaban J connectivity index is 1.67. The monoisotopic (exact) mass is 326 g/mol. The van der Waals surface area contributed by atoms with Crippen LogP contribution in [-0.2, 0) is 14.3 Å². The van der Waals surface area contributed by atoms with Crippen LogP contribution in [0.5, 0.6) is 0 Å². The van der Waals surface area contributed by atoms with Gasteiger partial charge in [0, 0.05) is 24.5 Å². The van der Waals surface area contributed by atoms with Gasteiger partial charge in [-0.1, -0.05) is 17.8 Å². The van der Waals surface area contributed by atoms with E-state index in [1.165, 1.54) is 30.0 Å². The average molecular weight is 326 g/mol. The Kier molecular flexibility index (Phi) is 5.76. The molecule has 0 unspecified atom stereocenters. The molecule has 0 saturated carbocycles. The maximum atomic E-state index is 12.9. The van der Waals surface area contributed by atoms with E-state index in [4.69, 9.17) is 4.74 Å². The van der Waals surface area contributed by atoms with Crippen molar-refractivity contribution in [3.63, 3.8) is 0 Å². The normalized spacial score (nSPS) is 14.0. The number of nitrogens with zero attached hydrogens (tertiary/aromatic N) is 1. The first-order chi connectivity index (χ1) is 10.5. The smallest absolute Gasteiger partial charge is 0.308 e. The van der Waals surface area contributed by atoms with Crippen molar-refractivity contribution < 1.29 is 23.5 Å². The van der Waals surface area contributed by atoms with Gasteiger partial charge in [-0.05, 0) is 18.2 Å². The highest BCUT2D eigenvalue weighted by atomic mass is 32.2. The summed E-state index contributed by atoms with van der Waals surface area (Å²) in [7, 11) is 0. The van der Waals surface area contributed by atoms with Gasteiger partial charge in [-0.2, -0.15) is 0 Å². The van der Waals surface area contributed by atoms with Crippen molar-refractivity contribution in [1.29, 1.82) is 0 Å². The van der Waals surface area contributed by atoms with Crippen molar-refractivity contribution in [2.24, 2.45) is 0 Å². The maximum absolute atomic E-state index is 12.9. The molecule has 118 valence electrons. The third-order valence-corrected chi connectivity index (χ3v) is 3.80. The standard InChI is InChI=1S/C14H15FN2O4S/c15-10-2-1-3-11(8-10)16-12(18)9-21-13(19)4-5-17-6-7-22-14(17)20/h1-3,8H,4-7,9H2,(H,16,18). The zero-order chi connectivity index (χ0) is 15.9. The van der Waals surface area contributed by atoms with E-state index in [1.807, 2.05) is 0 Å². The summed E-state index contributed by atoms with van der Waals surface area (Å²) in [6.45, 7) is 0.463. The average Bonchev–Trinajstić information content (AvgIpc) is 2.88. The van der Waals surface area contributed by atoms with Gasteiger partial charge >= 0.3 is 5.97 Å². The molecule has 1 aromatic rings. The molecular weight excluding hydrogens is 311 g/mol. The van der Waals surface area contributed by atoms with Gasteiger partial charge in [-0.3, -0.25) is 14.4 Å². The van der Waals surface area contributed by atoms with Crippen molar-refractivity contribution >= 4 is 34.6 Å². The van der Waals surface area contributed by atoms with E-state index in [2.05, 4.69) is 5.32 Å². The lowest BCUT2D eigenvalue weighted by molar-refractivity contribution is -0.147. The van der Waals surface area contributed by atoms with Gasteiger partial charge in [-0.25, -0.2) is 4.39 Å². The number of carbonyl (C=O) groups is 3. The summed E-state index contributed by atoms with van der Waals surface area (Å²) in [4.78, 5) is 36.0. The predicted octanol–water partition coefficient (Wildman–Crippen LogP) is 1.87. The van der Waals surface area contributed by atoms with Crippen LogP contribution in [0, 0.1) is 5.82 Å². The molecule has 0 spiro atoms. The zero-order valence-corrected chi connectivity index (χ0v) is 12.5. The van der Waals surface area contributed by atoms with Crippen LogP contribution in [0.1, 0.15) is 6.42 Å². The Morgan fingerprint density at radius 3 is 2.91 bits per heavy atom. The molecule has 0 aliphatic carbocycles. The molecule has 8 heteroatoms. The van der Waals surface area contributed by atoms with Crippen LogP contribution >= 0.6 is 11.8 Å². The number of rotatable bonds is 6. The zero-order valence-electron chi connectivity index (χ0n) is 11.7. The number of carbonyl (C=O) groups excluding carboxylic acids is 3. The third kappa shape index (κ3) is 5.03. The van der Waals surface area contributed by atoms with Gasteiger partial charge in [-0.15, -0.1) is 0 Å². The number of benzene rings is 1. The minimum atomic E-state index is -0.556. The molecule has 2 amide bonds. The fraction of sp³-hybridized carbons (Fsp3) is 0.357. The molecule has 6 nitrogen and oxygen atoms in total. The summed E-state index contributed by atoms with van der Waals surface area (Å²) >= 11 is 1.22. The quantitative estimate of drug-likeness (QED) is 0.808. The van der Waals surface area contributed by atoms with E-state index in [-0.39, 0.29) is 18.2 Å². The van der Waals surface area contributed by atoms with Crippen LogP contribution < -0.4 is 5.32 Å². The Hall–Kier alpha value is -2.09. The molecule has 1 aliphatic heterocycles. The molecule has 0 bridgehead atoms. The van der Waals surface area contributed by atoms with Crippen LogP contribution in [0.3, 0.4) is 0 Å². The molecule has 1 aliphatic rings. The van der Waals surface area contributed by atoms with Gasteiger partial charge in [0.2, 0.25) is 0 Å². The Morgan fingerprint density at radius 1 is 1.41 bits per heavy atom. The number of nitrogens with one attached hydrogen (secondary N) is 1. The van der Waals surface area contributed by atoms with E-state index in [1.54, 1.807) is 4.90 Å². The second-order valence-electron chi connectivity index (χ2n) is 4.57. The van der Waals surface area contributed by atoms with E-state index in [9.17, 15) is 18.8 Å². The Labute approximate surface area is 131 Å². The summed E-state index contributed by atoms with van der Waals surface area (Å²) in [6, 6.07) is 5.41. The minimum Gasteiger partial charge on any atom is -0.456 e. The van der Waals surface area contributed by atoms with Crippen LogP contribution in [0.2, 0.25) is 0 Å². The first-order valence-corrected chi connectivity index (χ1v) is 7.66. The highest BCUT2D eigenvalue weighted by Crippen LogP contribution is 2.17. The summed E-state index contributed by atoms with van der Waals surface area (Å²) < 4.78 is 17.8. The summed E-state index contributed by atoms with van der Waals surface area (Å²) in [5, 5.41) is 2.37. The number of thioether (sulfide) groups is 1. The minimum absolute atomic E-state index is 0.0412. The van der Waals surface area contributed by atoms with Crippen LogP contribution in [0.25, 0.3) is 0 Å². The number of halogens is 1. The Bertz CT molecular complexity index is 582. The molecular formula is C14H15FN2O4S. The van der Waals surface area contributed by atoms with Crippen molar-refractivity contribution in [1.82, 2.24) is 4.90 Å². The van der Waals surface area contributed by atoms with Crippen LogP contribution in [-0.4, -0.2) is 47.5 Å². The number of hydrogen-bond acceptors (Lipinski definition) is 5. The Morgan fingerprint density at radius 2 is 2.23 bits per heavy atom. The number of esters is 1. The topological polar surface area (TPSA) is 75.7 Å². The molecule has 1 saturated heterocycles. The molecule has 2 rings (SSSR count). The van der Waals surface area contributed by atoms with Gasteiger partial charge in [0.25, 0.3) is 11.1 Å². The number of anilines is 1. The first kappa shape index (κ1) is 16.3. The third-order valence-electron chi connectivity index (χ3n) is 2.90. The molecule has 1 aromatic carbocycles. The molecule has 1 heterocycles.